The number of nitrogens with one attached hydrogen (secondary N) is 1. The van der Waals surface area contributed by atoms with E-state index in [9.17, 15) is 17.6 Å². The van der Waals surface area contributed by atoms with Gasteiger partial charge in [-0.25, -0.2) is 17.1 Å². The molecule has 1 aliphatic heterocycles. The van der Waals surface area contributed by atoms with Gasteiger partial charge in [-0.2, -0.15) is 0 Å². The van der Waals surface area contributed by atoms with Gasteiger partial charge in [-0.1, -0.05) is 19.4 Å². The van der Waals surface area contributed by atoms with E-state index in [4.69, 9.17) is 0 Å². The van der Waals surface area contributed by atoms with E-state index in [0.717, 1.165) is 12.8 Å². The maximum atomic E-state index is 13.2. The number of hydrogen-bond donors (Lipinski definition) is 1. The lowest BCUT2D eigenvalue weighted by atomic mass is 10.0. The van der Waals surface area contributed by atoms with Crippen LogP contribution < -0.4 is 5.32 Å². The van der Waals surface area contributed by atoms with Crippen LogP contribution in [0.3, 0.4) is 0 Å². The molecule has 1 aromatic rings. The molecular weight excluding hydrogens is 331 g/mol. The summed E-state index contributed by atoms with van der Waals surface area (Å²) in [5.74, 6) is -0.548. The van der Waals surface area contributed by atoms with Crippen molar-refractivity contribution in [3.05, 3.63) is 30.1 Å². The molecule has 1 aliphatic carbocycles. The number of nitrogens with zero attached hydrogens (tertiary/aromatic N) is 1. The molecule has 132 valence electrons. The number of hydrogen-bond acceptors (Lipinski definition) is 3. The lowest BCUT2D eigenvalue weighted by Gasteiger charge is -2.16. The predicted molar refractivity (Wildman–Crippen MR) is 90.5 cm³/mol. The molecule has 24 heavy (non-hydrogen) atoms. The molecule has 1 N–H and O–H groups in total. The first-order valence-electron chi connectivity index (χ1n) is 8.40. The Morgan fingerprint density at radius 1 is 1.46 bits per heavy atom. The van der Waals surface area contributed by atoms with Gasteiger partial charge in [-0.05, 0) is 42.9 Å². The summed E-state index contributed by atoms with van der Waals surface area (Å²) in [6.45, 7) is 2.89. The third-order valence-electron chi connectivity index (χ3n) is 5.10. The van der Waals surface area contributed by atoms with E-state index < -0.39 is 15.8 Å². The Bertz CT molecular complexity index is 737. The molecular formula is C17H23FN2O3S. The monoisotopic (exact) mass is 354 g/mol. The average Bonchev–Trinajstić information content (AvgIpc) is 3.05. The van der Waals surface area contributed by atoms with Crippen LogP contribution in [0.15, 0.2) is 24.3 Å². The lowest BCUT2D eigenvalue weighted by Crippen LogP contribution is -2.32. The highest BCUT2D eigenvalue weighted by Crippen LogP contribution is 2.59. The SMILES string of the molecule is CCCCS(=O)(=O)N1CCC2(CC2C(=O)Nc2cccc(F)c2)C1. The Morgan fingerprint density at radius 2 is 2.25 bits per heavy atom. The summed E-state index contributed by atoms with van der Waals surface area (Å²) in [4.78, 5) is 12.4. The number of benzene rings is 1. The molecule has 2 fully saturated rings. The molecule has 2 atom stereocenters. The van der Waals surface area contributed by atoms with Crippen LogP contribution in [-0.4, -0.2) is 37.5 Å². The van der Waals surface area contributed by atoms with Crippen molar-refractivity contribution in [1.82, 2.24) is 4.31 Å². The van der Waals surface area contributed by atoms with Crippen LogP contribution in [0.2, 0.25) is 0 Å². The number of rotatable bonds is 6. The second kappa shape index (κ2) is 6.44. The second-order valence-electron chi connectivity index (χ2n) is 6.87. The van der Waals surface area contributed by atoms with E-state index in [1.165, 1.54) is 16.4 Å². The molecule has 1 saturated heterocycles. The van der Waals surface area contributed by atoms with Gasteiger partial charge in [0.2, 0.25) is 15.9 Å². The molecule has 3 rings (SSSR count). The molecule has 5 nitrogen and oxygen atoms in total. The van der Waals surface area contributed by atoms with Crippen LogP contribution in [0.25, 0.3) is 0 Å². The fourth-order valence-electron chi connectivity index (χ4n) is 3.52. The van der Waals surface area contributed by atoms with Crippen LogP contribution in [0, 0.1) is 17.2 Å². The van der Waals surface area contributed by atoms with Gasteiger partial charge in [0.15, 0.2) is 0 Å². The molecule has 1 amide bonds. The maximum Gasteiger partial charge on any atom is 0.228 e. The van der Waals surface area contributed by atoms with Crippen molar-refractivity contribution in [2.75, 3.05) is 24.2 Å². The Morgan fingerprint density at radius 3 is 2.96 bits per heavy atom. The number of halogens is 1. The smallest absolute Gasteiger partial charge is 0.228 e. The highest BCUT2D eigenvalue weighted by atomic mass is 32.2. The van der Waals surface area contributed by atoms with E-state index >= 15 is 0 Å². The normalized spacial score (nSPS) is 26.7. The van der Waals surface area contributed by atoms with Crippen molar-refractivity contribution < 1.29 is 17.6 Å². The standard InChI is InChI=1S/C17H23FN2O3S/c1-2-3-9-24(22,23)20-8-7-17(12-20)11-15(17)16(21)19-14-6-4-5-13(18)10-14/h4-6,10,15H,2-3,7-9,11-12H2,1H3,(H,19,21). The molecule has 0 aromatic heterocycles. The minimum atomic E-state index is -3.21. The number of amides is 1. The molecule has 1 aromatic carbocycles. The molecule has 1 heterocycles. The summed E-state index contributed by atoms with van der Waals surface area (Å²) in [5, 5.41) is 2.74. The summed E-state index contributed by atoms with van der Waals surface area (Å²) in [6, 6.07) is 5.80. The first-order chi connectivity index (χ1) is 11.4. The van der Waals surface area contributed by atoms with Gasteiger partial charge in [0.1, 0.15) is 5.82 Å². The Labute approximate surface area is 142 Å². The fraction of sp³-hybridized carbons (Fsp3) is 0.588. The number of carbonyl (C=O) groups excluding carboxylic acids is 1. The van der Waals surface area contributed by atoms with Crippen molar-refractivity contribution in [2.45, 2.75) is 32.6 Å². The van der Waals surface area contributed by atoms with Gasteiger partial charge < -0.3 is 5.32 Å². The average molecular weight is 354 g/mol. The Kier molecular flexibility index (Phi) is 4.66. The van der Waals surface area contributed by atoms with Crippen molar-refractivity contribution in [3.63, 3.8) is 0 Å². The molecule has 0 radical (unpaired) electrons. The number of carbonyl (C=O) groups is 1. The fourth-order valence-corrected chi connectivity index (χ4v) is 5.25. The molecule has 1 saturated carbocycles. The highest BCUT2D eigenvalue weighted by molar-refractivity contribution is 7.89. The largest absolute Gasteiger partial charge is 0.326 e. The minimum absolute atomic E-state index is 0.145. The lowest BCUT2D eigenvalue weighted by molar-refractivity contribution is -0.118. The third-order valence-corrected chi connectivity index (χ3v) is 7.00. The van der Waals surface area contributed by atoms with Crippen molar-refractivity contribution >= 4 is 21.6 Å². The van der Waals surface area contributed by atoms with E-state index in [-0.39, 0.29) is 23.0 Å². The highest BCUT2D eigenvalue weighted by Gasteiger charge is 2.62. The summed E-state index contributed by atoms with van der Waals surface area (Å²) in [5.41, 5.74) is 0.212. The Hall–Kier alpha value is -1.47. The van der Waals surface area contributed by atoms with Crippen LogP contribution in [0.1, 0.15) is 32.6 Å². The molecule has 1 spiro atoms. The van der Waals surface area contributed by atoms with Crippen molar-refractivity contribution in [3.8, 4) is 0 Å². The Balaban J connectivity index is 1.59. The van der Waals surface area contributed by atoms with E-state index in [1.807, 2.05) is 6.92 Å². The first-order valence-corrected chi connectivity index (χ1v) is 10.0. The molecule has 2 aliphatic rings. The summed E-state index contributed by atoms with van der Waals surface area (Å²) in [7, 11) is -3.21. The van der Waals surface area contributed by atoms with Crippen LogP contribution in [-0.2, 0) is 14.8 Å². The van der Waals surface area contributed by atoms with Crippen molar-refractivity contribution in [1.29, 1.82) is 0 Å². The number of anilines is 1. The maximum absolute atomic E-state index is 13.2. The second-order valence-corrected chi connectivity index (χ2v) is 8.96. The molecule has 7 heteroatoms. The van der Waals surface area contributed by atoms with Gasteiger partial charge in [0.05, 0.1) is 5.75 Å². The zero-order valence-corrected chi connectivity index (χ0v) is 14.6. The van der Waals surface area contributed by atoms with Gasteiger partial charge >= 0.3 is 0 Å². The van der Waals surface area contributed by atoms with Crippen molar-refractivity contribution in [2.24, 2.45) is 11.3 Å². The van der Waals surface area contributed by atoms with Gasteiger partial charge in [-0.15, -0.1) is 0 Å². The zero-order valence-electron chi connectivity index (χ0n) is 13.8. The van der Waals surface area contributed by atoms with E-state index in [0.29, 0.717) is 31.6 Å². The van der Waals surface area contributed by atoms with E-state index in [1.54, 1.807) is 12.1 Å². The number of sulfonamides is 1. The topological polar surface area (TPSA) is 66.5 Å². The molecule has 2 unspecified atom stereocenters. The predicted octanol–water partition coefficient (Wildman–Crippen LogP) is 2.61. The first kappa shape index (κ1) is 17.4. The van der Waals surface area contributed by atoms with Crippen LogP contribution in [0.4, 0.5) is 10.1 Å². The number of unbranched alkanes of at least 4 members (excludes halogenated alkanes) is 1. The van der Waals surface area contributed by atoms with Crippen LogP contribution in [0.5, 0.6) is 0 Å². The summed E-state index contributed by atoms with van der Waals surface area (Å²) < 4.78 is 39.3. The van der Waals surface area contributed by atoms with Crippen LogP contribution >= 0.6 is 0 Å². The van der Waals surface area contributed by atoms with Gasteiger partial charge in [-0.3, -0.25) is 4.79 Å². The minimum Gasteiger partial charge on any atom is -0.326 e. The van der Waals surface area contributed by atoms with Gasteiger partial charge in [0, 0.05) is 24.7 Å². The van der Waals surface area contributed by atoms with Gasteiger partial charge in [0.25, 0.3) is 0 Å². The quantitative estimate of drug-likeness (QED) is 0.854. The molecule has 0 bridgehead atoms. The third kappa shape index (κ3) is 3.47. The summed E-state index contributed by atoms with van der Waals surface area (Å²) >= 11 is 0. The zero-order chi connectivity index (χ0) is 17.4. The van der Waals surface area contributed by atoms with E-state index in [2.05, 4.69) is 5.32 Å². The summed E-state index contributed by atoms with van der Waals surface area (Å²) in [6.07, 6.45) is 2.93.